The fourth-order valence-corrected chi connectivity index (χ4v) is 4.65. The average Bonchev–Trinajstić information content (AvgIpc) is 3.09. The number of nitrogens with zero attached hydrogens (tertiary/aromatic N) is 1. The van der Waals surface area contributed by atoms with Gasteiger partial charge in [0.15, 0.2) is 0 Å². The maximum absolute atomic E-state index is 6.75. The fraction of sp³-hybridized carbons (Fsp3) is 0.391. The first-order valence-electron chi connectivity index (χ1n) is 10.0. The van der Waals surface area contributed by atoms with Gasteiger partial charge < -0.3 is 20.5 Å². The number of hydrogen-bond donors (Lipinski definition) is 2. The maximum atomic E-state index is 6.75. The van der Waals surface area contributed by atoms with Crippen LogP contribution in [0.3, 0.4) is 0 Å². The van der Waals surface area contributed by atoms with Crippen molar-refractivity contribution < 1.29 is 9.47 Å². The Kier molecular flexibility index (Phi) is 4.29. The third kappa shape index (κ3) is 2.69. The lowest BCUT2D eigenvalue weighted by Gasteiger charge is -2.34. The van der Waals surface area contributed by atoms with E-state index in [1.807, 2.05) is 18.2 Å². The van der Waals surface area contributed by atoms with Crippen LogP contribution < -0.4 is 20.5 Å². The molecular weight excluding hydrogens is 350 g/mol. The van der Waals surface area contributed by atoms with Gasteiger partial charge in [-0.15, -0.1) is 0 Å². The summed E-state index contributed by atoms with van der Waals surface area (Å²) in [5.41, 5.74) is 13.7. The maximum Gasteiger partial charge on any atom is 0.127 e. The Morgan fingerprint density at radius 2 is 1.89 bits per heavy atom. The molecule has 0 bridgehead atoms. The molecule has 146 valence electrons. The molecule has 0 radical (unpaired) electrons. The number of fused-ring (bicyclic) bond motifs is 1. The average molecular weight is 377 g/mol. The summed E-state index contributed by atoms with van der Waals surface area (Å²) in [6.45, 7) is 1.96. The number of nitrogens with one attached hydrogen (secondary N) is 1. The van der Waals surface area contributed by atoms with Crippen molar-refractivity contribution in [2.24, 2.45) is 5.73 Å². The summed E-state index contributed by atoms with van der Waals surface area (Å²) in [6, 6.07) is 12.9. The topological polar surface area (TPSA) is 59.8 Å². The minimum atomic E-state index is -0.0621. The minimum Gasteiger partial charge on any atom is -0.497 e. The quantitative estimate of drug-likeness (QED) is 0.846. The van der Waals surface area contributed by atoms with Crippen molar-refractivity contribution in [3.8, 4) is 22.6 Å². The molecule has 3 aliphatic rings. The zero-order valence-electron chi connectivity index (χ0n) is 16.5. The molecule has 2 aromatic carbocycles. The second-order valence-corrected chi connectivity index (χ2v) is 7.93. The zero-order chi connectivity index (χ0) is 19.3. The first kappa shape index (κ1) is 17.6. The molecule has 2 heterocycles. The van der Waals surface area contributed by atoms with Gasteiger partial charge in [-0.05, 0) is 42.2 Å². The highest BCUT2D eigenvalue weighted by atomic mass is 16.5. The van der Waals surface area contributed by atoms with Crippen molar-refractivity contribution in [1.29, 1.82) is 0 Å². The zero-order valence-corrected chi connectivity index (χ0v) is 16.5. The van der Waals surface area contributed by atoms with E-state index in [1.54, 1.807) is 14.2 Å². The number of anilines is 1. The van der Waals surface area contributed by atoms with Gasteiger partial charge in [-0.2, -0.15) is 0 Å². The van der Waals surface area contributed by atoms with Crippen LogP contribution in [0.1, 0.15) is 30.9 Å². The minimum absolute atomic E-state index is 0.0621. The Morgan fingerprint density at radius 3 is 2.61 bits per heavy atom. The van der Waals surface area contributed by atoms with Crippen LogP contribution in [0.15, 0.2) is 47.7 Å². The molecule has 0 saturated heterocycles. The van der Waals surface area contributed by atoms with E-state index in [9.17, 15) is 0 Å². The highest BCUT2D eigenvalue weighted by molar-refractivity contribution is 5.87. The molecule has 2 aliphatic heterocycles. The second-order valence-electron chi connectivity index (χ2n) is 7.93. The first-order valence-corrected chi connectivity index (χ1v) is 10.0. The second kappa shape index (κ2) is 6.83. The van der Waals surface area contributed by atoms with Gasteiger partial charge in [0, 0.05) is 36.0 Å². The highest BCUT2D eigenvalue weighted by Crippen LogP contribution is 2.46. The van der Waals surface area contributed by atoms with Crippen molar-refractivity contribution in [3.63, 3.8) is 0 Å². The van der Waals surface area contributed by atoms with Crippen molar-refractivity contribution in [1.82, 2.24) is 4.90 Å². The number of para-hydroxylation sites is 1. The van der Waals surface area contributed by atoms with Crippen LogP contribution in [0, 0.1) is 0 Å². The lowest BCUT2D eigenvalue weighted by atomic mass is 9.89. The van der Waals surface area contributed by atoms with Crippen LogP contribution in [0.4, 0.5) is 5.69 Å². The third-order valence-electron chi connectivity index (χ3n) is 6.49. The van der Waals surface area contributed by atoms with E-state index in [-0.39, 0.29) is 6.04 Å². The van der Waals surface area contributed by atoms with Gasteiger partial charge in [0.25, 0.3) is 0 Å². The fourth-order valence-electron chi connectivity index (χ4n) is 4.65. The van der Waals surface area contributed by atoms with E-state index in [1.165, 1.54) is 30.5 Å². The van der Waals surface area contributed by atoms with E-state index in [4.69, 9.17) is 15.2 Å². The predicted octanol–water partition coefficient (Wildman–Crippen LogP) is 3.92. The summed E-state index contributed by atoms with van der Waals surface area (Å²) < 4.78 is 11.1. The molecule has 1 saturated carbocycles. The summed E-state index contributed by atoms with van der Waals surface area (Å²) in [6.07, 6.45) is 3.98. The van der Waals surface area contributed by atoms with Crippen LogP contribution in [0.25, 0.3) is 11.1 Å². The van der Waals surface area contributed by atoms with Crippen molar-refractivity contribution in [2.75, 3.05) is 32.6 Å². The van der Waals surface area contributed by atoms with Gasteiger partial charge in [-0.25, -0.2) is 0 Å². The van der Waals surface area contributed by atoms with Crippen LogP contribution in [0.5, 0.6) is 11.5 Å². The largest absolute Gasteiger partial charge is 0.497 e. The summed E-state index contributed by atoms with van der Waals surface area (Å²) in [5, 5.41) is 3.74. The predicted molar refractivity (Wildman–Crippen MR) is 112 cm³/mol. The smallest absolute Gasteiger partial charge is 0.127 e. The molecule has 5 heteroatoms. The standard InChI is InChI=1S/C23H27N3O2/c1-27-15-9-10-21(28-2)18(11-15)16-7-4-8-17-22(24)19-12-26(14-5-3-6-14)13-20(19)25-23(16)17/h4,7-11,14,22,25H,3,5-6,12-13,24H2,1-2H3. The Bertz CT molecular complexity index is 949. The van der Waals surface area contributed by atoms with Crippen LogP contribution in [-0.2, 0) is 0 Å². The lowest BCUT2D eigenvalue weighted by molar-refractivity contribution is 0.161. The number of methoxy groups -OCH3 is 2. The van der Waals surface area contributed by atoms with E-state index >= 15 is 0 Å². The molecule has 5 rings (SSSR count). The summed E-state index contributed by atoms with van der Waals surface area (Å²) in [5.74, 6) is 1.64. The molecule has 0 spiro atoms. The lowest BCUT2D eigenvalue weighted by Crippen LogP contribution is -2.39. The molecule has 5 nitrogen and oxygen atoms in total. The summed E-state index contributed by atoms with van der Waals surface area (Å²) in [7, 11) is 3.39. The normalized spacial score (nSPS) is 21.6. The van der Waals surface area contributed by atoms with Gasteiger partial charge in [-0.1, -0.05) is 24.6 Å². The molecule has 0 aromatic heterocycles. The van der Waals surface area contributed by atoms with Gasteiger partial charge in [0.2, 0.25) is 0 Å². The molecule has 28 heavy (non-hydrogen) atoms. The first-order chi connectivity index (χ1) is 13.7. The molecular formula is C23H27N3O2. The number of rotatable bonds is 4. The number of ether oxygens (including phenoxy) is 2. The van der Waals surface area contributed by atoms with Gasteiger partial charge in [0.1, 0.15) is 11.5 Å². The third-order valence-corrected chi connectivity index (χ3v) is 6.49. The Hall–Kier alpha value is -2.50. The Morgan fingerprint density at radius 1 is 1.04 bits per heavy atom. The van der Waals surface area contributed by atoms with Crippen LogP contribution >= 0.6 is 0 Å². The van der Waals surface area contributed by atoms with Gasteiger partial charge in [0.05, 0.1) is 25.9 Å². The number of nitrogens with two attached hydrogens (primary N) is 1. The molecule has 2 aromatic rings. The van der Waals surface area contributed by atoms with E-state index in [2.05, 4.69) is 28.4 Å². The SMILES string of the molecule is COc1ccc(OC)c(-c2cccc3c2NC2=C(CN(C4CCC4)C2)C3N)c1. The molecule has 1 aliphatic carbocycles. The molecule has 1 fully saturated rings. The van der Waals surface area contributed by atoms with Crippen molar-refractivity contribution in [2.45, 2.75) is 31.3 Å². The monoisotopic (exact) mass is 377 g/mol. The Balaban J connectivity index is 1.55. The molecule has 3 N–H and O–H groups in total. The number of benzene rings is 2. The van der Waals surface area contributed by atoms with E-state index < -0.39 is 0 Å². The van der Waals surface area contributed by atoms with Crippen LogP contribution in [-0.4, -0.2) is 38.3 Å². The van der Waals surface area contributed by atoms with Gasteiger partial charge >= 0.3 is 0 Å². The molecule has 1 atom stereocenters. The van der Waals surface area contributed by atoms with Crippen LogP contribution in [0.2, 0.25) is 0 Å². The van der Waals surface area contributed by atoms with Gasteiger partial charge in [-0.3, -0.25) is 4.90 Å². The van der Waals surface area contributed by atoms with Crippen molar-refractivity contribution in [3.05, 3.63) is 53.2 Å². The van der Waals surface area contributed by atoms with E-state index in [0.717, 1.165) is 53.0 Å². The van der Waals surface area contributed by atoms with Crippen molar-refractivity contribution >= 4 is 5.69 Å². The van der Waals surface area contributed by atoms with E-state index in [0.29, 0.717) is 0 Å². The molecule has 1 unspecified atom stereocenters. The number of hydrogen-bond acceptors (Lipinski definition) is 5. The summed E-state index contributed by atoms with van der Waals surface area (Å²) in [4.78, 5) is 2.58. The Labute approximate surface area is 166 Å². The highest BCUT2D eigenvalue weighted by Gasteiger charge is 2.37. The molecule has 0 amide bonds. The summed E-state index contributed by atoms with van der Waals surface area (Å²) >= 11 is 0.